The number of hydrogen-bond acceptors (Lipinski definition) is 4. The van der Waals surface area contributed by atoms with Gasteiger partial charge in [-0.3, -0.25) is 0 Å². The molecule has 0 bridgehead atoms. The smallest absolute Gasteiger partial charge is 0.368 e. The van der Waals surface area contributed by atoms with Crippen molar-refractivity contribution in [2.75, 3.05) is 0 Å². The van der Waals surface area contributed by atoms with Gasteiger partial charge in [0.25, 0.3) is 0 Å². The third kappa shape index (κ3) is 43.5. The van der Waals surface area contributed by atoms with E-state index in [0.29, 0.717) is 0 Å². The first-order valence-electron chi connectivity index (χ1n) is 6.60. The van der Waals surface area contributed by atoms with E-state index in [4.69, 9.17) is 19.2 Å². The summed E-state index contributed by atoms with van der Waals surface area (Å²) in [7, 11) is -4.61. The van der Waals surface area contributed by atoms with Crippen LogP contribution in [0.3, 0.4) is 0 Å². The normalized spacial score (nSPS) is 10.3. The van der Waals surface area contributed by atoms with Crippen LogP contribution in [-0.2, 0) is 0 Å². The molecular formula is C12H29NaO4Si. The molecule has 0 aromatic rings. The number of rotatable bonds is 9. The predicted molar refractivity (Wildman–Crippen MR) is 71.8 cm³/mol. The van der Waals surface area contributed by atoms with Crippen LogP contribution in [-0.4, -0.2) is 28.2 Å². The number of unbranched alkanes of at least 4 members (excludes halogenated alkanes) is 9. The fraction of sp³-hybridized carbons (Fsp3) is 0.917. The van der Waals surface area contributed by atoms with E-state index < -0.39 is 9.05 Å². The fourth-order valence-electron chi connectivity index (χ4n) is 1.49. The number of hydrogen-bond donors (Lipinski definition) is 4. The van der Waals surface area contributed by atoms with Crippen molar-refractivity contribution in [2.45, 2.75) is 71.1 Å². The van der Waals surface area contributed by atoms with Gasteiger partial charge in [0.05, 0.1) is 0 Å². The molecule has 0 heterocycles. The average Bonchev–Trinajstić information content (AvgIpc) is 2.20. The summed E-state index contributed by atoms with van der Waals surface area (Å²) >= 11 is 0. The van der Waals surface area contributed by atoms with E-state index in [0.717, 1.165) is 6.42 Å². The Morgan fingerprint density at radius 2 is 1.00 bits per heavy atom. The Labute approximate surface area is 135 Å². The zero-order valence-corrected chi connectivity index (χ0v) is 15.1. The van der Waals surface area contributed by atoms with E-state index in [1.807, 2.05) is 0 Å². The van der Waals surface area contributed by atoms with Crippen LogP contribution in [0.5, 0.6) is 0 Å². The molecule has 0 saturated carbocycles. The van der Waals surface area contributed by atoms with Gasteiger partial charge in [0.2, 0.25) is 0 Å². The molecule has 0 rings (SSSR count). The molecule has 0 aliphatic rings. The summed E-state index contributed by atoms with van der Waals surface area (Å²) in [4.78, 5) is 29.3. The van der Waals surface area contributed by atoms with Gasteiger partial charge >= 0.3 is 38.6 Å². The Bertz CT molecular complexity index is 127. The summed E-state index contributed by atoms with van der Waals surface area (Å²) in [6, 6.07) is 0. The molecule has 0 aromatic heterocycles. The topological polar surface area (TPSA) is 80.9 Å². The average molecular weight is 288 g/mol. The molecule has 0 radical (unpaired) electrons. The van der Waals surface area contributed by atoms with Crippen LogP contribution >= 0.6 is 0 Å². The Balaban J connectivity index is -0.000000321. The molecule has 106 valence electrons. The summed E-state index contributed by atoms with van der Waals surface area (Å²) in [5, 5.41) is 0. The SMILES string of the molecule is O[Si](O)(O)O.[CH2-]CCCCCCCCCCC.[Na+]. The largest absolute Gasteiger partial charge is 1.00 e. The zero-order chi connectivity index (χ0) is 13.6. The van der Waals surface area contributed by atoms with Crippen molar-refractivity contribution in [3.8, 4) is 0 Å². The maximum atomic E-state index is 7.33. The van der Waals surface area contributed by atoms with E-state index in [9.17, 15) is 0 Å². The van der Waals surface area contributed by atoms with E-state index in [1.54, 1.807) is 0 Å². The molecule has 0 atom stereocenters. The molecule has 0 aromatic carbocycles. The zero-order valence-electron chi connectivity index (χ0n) is 12.1. The molecule has 0 saturated heterocycles. The second kappa shape index (κ2) is 18.1. The van der Waals surface area contributed by atoms with Gasteiger partial charge in [-0.15, -0.1) is 0 Å². The van der Waals surface area contributed by atoms with Crippen molar-refractivity contribution >= 4 is 9.05 Å². The van der Waals surface area contributed by atoms with Crippen molar-refractivity contribution < 1.29 is 48.7 Å². The molecule has 0 fully saturated rings. The monoisotopic (exact) mass is 288 g/mol. The van der Waals surface area contributed by atoms with E-state index in [-0.39, 0.29) is 29.6 Å². The molecule has 0 unspecified atom stereocenters. The van der Waals surface area contributed by atoms with Crippen LogP contribution in [0, 0.1) is 6.92 Å². The van der Waals surface area contributed by atoms with Gasteiger partial charge < -0.3 is 26.1 Å². The molecule has 4 N–H and O–H groups in total. The maximum Gasteiger partial charge on any atom is 1.00 e. The molecule has 0 aliphatic carbocycles. The van der Waals surface area contributed by atoms with Gasteiger partial charge in [0.15, 0.2) is 0 Å². The van der Waals surface area contributed by atoms with Crippen molar-refractivity contribution in [2.24, 2.45) is 0 Å². The van der Waals surface area contributed by atoms with Crippen LogP contribution < -0.4 is 29.6 Å². The second-order valence-electron chi connectivity index (χ2n) is 4.28. The fourth-order valence-corrected chi connectivity index (χ4v) is 1.49. The van der Waals surface area contributed by atoms with Crippen molar-refractivity contribution in [3.05, 3.63) is 6.92 Å². The predicted octanol–water partition coefficient (Wildman–Crippen LogP) is -0.863. The van der Waals surface area contributed by atoms with E-state index in [2.05, 4.69) is 13.8 Å². The standard InChI is InChI=1S/C12H25.Na.H4O4Si/c1-3-5-7-9-11-12-10-8-6-4-2;;1-5(2,3)4/h1,3-12H2,2H3;;1-4H/q-1;+1;. The minimum atomic E-state index is -4.61. The second-order valence-corrected chi connectivity index (χ2v) is 5.48. The maximum absolute atomic E-state index is 7.33. The Kier molecular flexibility index (Phi) is 24.2. The van der Waals surface area contributed by atoms with Crippen LogP contribution in [0.2, 0.25) is 0 Å². The summed E-state index contributed by atoms with van der Waals surface area (Å²) in [6.07, 6.45) is 13.9. The van der Waals surface area contributed by atoms with E-state index >= 15 is 0 Å². The van der Waals surface area contributed by atoms with Gasteiger partial charge in [-0.2, -0.15) is 6.42 Å². The molecule has 6 heteroatoms. The Morgan fingerprint density at radius 1 is 0.722 bits per heavy atom. The minimum absolute atomic E-state index is 0. The summed E-state index contributed by atoms with van der Waals surface area (Å²) < 4.78 is 0. The van der Waals surface area contributed by atoms with Gasteiger partial charge in [-0.05, 0) is 0 Å². The first-order chi connectivity index (χ1) is 7.91. The van der Waals surface area contributed by atoms with Gasteiger partial charge in [0.1, 0.15) is 0 Å². The van der Waals surface area contributed by atoms with Crippen LogP contribution in [0.4, 0.5) is 0 Å². The summed E-state index contributed by atoms with van der Waals surface area (Å²) in [5.74, 6) is 0. The van der Waals surface area contributed by atoms with Crippen molar-refractivity contribution in [3.63, 3.8) is 0 Å². The van der Waals surface area contributed by atoms with Crippen LogP contribution in [0.15, 0.2) is 0 Å². The summed E-state index contributed by atoms with van der Waals surface area (Å²) in [6.45, 7) is 6.12. The molecule has 4 nitrogen and oxygen atoms in total. The van der Waals surface area contributed by atoms with Crippen molar-refractivity contribution in [1.29, 1.82) is 0 Å². The van der Waals surface area contributed by atoms with Gasteiger partial charge in [0, 0.05) is 0 Å². The molecule has 0 amide bonds. The van der Waals surface area contributed by atoms with Crippen LogP contribution in [0.1, 0.15) is 71.1 Å². The first kappa shape index (κ1) is 24.1. The third-order valence-corrected chi connectivity index (χ3v) is 2.35. The Morgan fingerprint density at radius 3 is 1.28 bits per heavy atom. The van der Waals surface area contributed by atoms with Crippen molar-refractivity contribution in [1.82, 2.24) is 0 Å². The Hall–Kier alpha value is 1.06. The van der Waals surface area contributed by atoms with E-state index in [1.165, 1.54) is 57.8 Å². The first-order valence-corrected chi connectivity index (χ1v) is 8.39. The molecule has 18 heavy (non-hydrogen) atoms. The van der Waals surface area contributed by atoms with Crippen LogP contribution in [0.25, 0.3) is 0 Å². The van der Waals surface area contributed by atoms with Gasteiger partial charge in [-0.25, -0.2) is 0 Å². The quantitative estimate of drug-likeness (QED) is 0.253. The molecule has 0 spiro atoms. The van der Waals surface area contributed by atoms with Gasteiger partial charge in [-0.1, -0.05) is 64.7 Å². The molecule has 0 aliphatic heterocycles. The third-order valence-electron chi connectivity index (χ3n) is 2.35. The molecular weight excluding hydrogens is 259 g/mol. The summed E-state index contributed by atoms with van der Waals surface area (Å²) in [5.41, 5.74) is 0. The minimum Gasteiger partial charge on any atom is -0.368 e.